The second-order valence-electron chi connectivity index (χ2n) is 4.96. The molecule has 74 valence electrons. The molecule has 4 atom stereocenters. The standard InChI is InChI=1S/C11H18O2/c1-7-8-3-4-10(13)11(8,2)6-5-9(7)12/h7-8,10,13H,3-6H2,1-2H3/t7-,8-,10-,11-/m0/s1. The molecule has 0 unspecified atom stereocenters. The fraction of sp³-hybridized carbons (Fsp3) is 0.909. The van der Waals surface area contributed by atoms with Crippen molar-refractivity contribution in [2.45, 2.75) is 45.6 Å². The topological polar surface area (TPSA) is 37.3 Å². The van der Waals surface area contributed by atoms with Gasteiger partial charge in [-0.1, -0.05) is 13.8 Å². The van der Waals surface area contributed by atoms with Crippen molar-refractivity contribution in [3.63, 3.8) is 0 Å². The fourth-order valence-corrected chi connectivity index (χ4v) is 3.26. The van der Waals surface area contributed by atoms with Crippen LogP contribution in [0.2, 0.25) is 0 Å². The summed E-state index contributed by atoms with van der Waals surface area (Å²) in [6, 6.07) is 0. The molecule has 2 aliphatic rings. The molecule has 13 heavy (non-hydrogen) atoms. The van der Waals surface area contributed by atoms with E-state index in [0.717, 1.165) is 19.3 Å². The number of Topliss-reactive ketones (excluding diaryl/α,β-unsaturated/α-hetero) is 1. The molecule has 2 rings (SSSR count). The second-order valence-corrected chi connectivity index (χ2v) is 4.96. The predicted molar refractivity (Wildman–Crippen MR) is 50.2 cm³/mol. The molecule has 2 nitrogen and oxygen atoms in total. The molecule has 0 saturated heterocycles. The van der Waals surface area contributed by atoms with Crippen LogP contribution in [0, 0.1) is 17.3 Å². The summed E-state index contributed by atoms with van der Waals surface area (Å²) in [5.41, 5.74) is 0.0350. The lowest BCUT2D eigenvalue weighted by Gasteiger charge is -2.41. The molecule has 2 saturated carbocycles. The Kier molecular flexibility index (Phi) is 1.99. The molecule has 0 bridgehead atoms. The van der Waals surface area contributed by atoms with Crippen LogP contribution in [-0.2, 0) is 4.79 Å². The molecule has 0 aromatic carbocycles. The van der Waals surface area contributed by atoms with Crippen LogP contribution in [0.5, 0.6) is 0 Å². The Balaban J connectivity index is 2.26. The van der Waals surface area contributed by atoms with E-state index in [1.807, 2.05) is 6.92 Å². The number of aliphatic hydroxyl groups excluding tert-OH is 1. The average Bonchev–Trinajstić information content (AvgIpc) is 2.39. The number of carbonyl (C=O) groups is 1. The van der Waals surface area contributed by atoms with E-state index in [9.17, 15) is 9.90 Å². The van der Waals surface area contributed by atoms with Crippen LogP contribution < -0.4 is 0 Å². The second kappa shape index (κ2) is 2.81. The van der Waals surface area contributed by atoms with Gasteiger partial charge < -0.3 is 5.11 Å². The highest BCUT2D eigenvalue weighted by atomic mass is 16.3. The van der Waals surface area contributed by atoms with Gasteiger partial charge in [0, 0.05) is 12.3 Å². The molecule has 1 N–H and O–H groups in total. The number of carbonyl (C=O) groups excluding carboxylic acids is 1. The third kappa shape index (κ3) is 1.15. The molecule has 0 heterocycles. The maximum atomic E-state index is 11.5. The maximum Gasteiger partial charge on any atom is 0.136 e. The summed E-state index contributed by atoms with van der Waals surface area (Å²) in [7, 11) is 0. The van der Waals surface area contributed by atoms with Crippen LogP contribution in [0.3, 0.4) is 0 Å². The Labute approximate surface area is 79.3 Å². The molecule has 0 aliphatic heterocycles. The lowest BCUT2D eigenvalue weighted by atomic mass is 9.64. The van der Waals surface area contributed by atoms with Gasteiger partial charge in [0.15, 0.2) is 0 Å². The van der Waals surface area contributed by atoms with E-state index in [1.165, 1.54) is 0 Å². The first-order valence-corrected chi connectivity index (χ1v) is 5.26. The Hall–Kier alpha value is -0.370. The summed E-state index contributed by atoms with van der Waals surface area (Å²) in [4.78, 5) is 11.5. The van der Waals surface area contributed by atoms with E-state index < -0.39 is 0 Å². The molecule has 0 amide bonds. The van der Waals surface area contributed by atoms with Crippen LogP contribution >= 0.6 is 0 Å². The highest BCUT2D eigenvalue weighted by molar-refractivity contribution is 5.82. The van der Waals surface area contributed by atoms with E-state index in [-0.39, 0.29) is 17.4 Å². The summed E-state index contributed by atoms with van der Waals surface area (Å²) in [6.45, 7) is 4.18. The summed E-state index contributed by atoms with van der Waals surface area (Å²) in [5.74, 6) is 1.01. The molecule has 0 radical (unpaired) electrons. The van der Waals surface area contributed by atoms with Crippen molar-refractivity contribution >= 4 is 5.78 Å². The number of fused-ring (bicyclic) bond motifs is 1. The Morgan fingerprint density at radius 1 is 1.46 bits per heavy atom. The van der Waals surface area contributed by atoms with Crippen molar-refractivity contribution in [2.75, 3.05) is 0 Å². The number of hydrogen-bond donors (Lipinski definition) is 1. The molecule has 0 aromatic heterocycles. The largest absolute Gasteiger partial charge is 0.393 e. The molecule has 2 heteroatoms. The van der Waals surface area contributed by atoms with Gasteiger partial charge in [-0.2, -0.15) is 0 Å². The molecule has 0 aromatic rings. The van der Waals surface area contributed by atoms with E-state index in [2.05, 4.69) is 6.92 Å². The quantitative estimate of drug-likeness (QED) is 0.620. The van der Waals surface area contributed by atoms with Crippen LogP contribution in [0.4, 0.5) is 0 Å². The zero-order chi connectivity index (χ0) is 9.64. The van der Waals surface area contributed by atoms with Crippen LogP contribution in [0.25, 0.3) is 0 Å². The molecule has 0 spiro atoms. The van der Waals surface area contributed by atoms with Crippen LogP contribution in [0.1, 0.15) is 39.5 Å². The third-order valence-electron chi connectivity index (χ3n) is 4.38. The first-order valence-electron chi connectivity index (χ1n) is 5.26. The van der Waals surface area contributed by atoms with Crippen molar-refractivity contribution in [3.8, 4) is 0 Å². The van der Waals surface area contributed by atoms with Gasteiger partial charge in [0.1, 0.15) is 5.78 Å². The third-order valence-corrected chi connectivity index (χ3v) is 4.38. The van der Waals surface area contributed by atoms with Gasteiger partial charge in [-0.05, 0) is 30.6 Å². The first-order chi connectivity index (χ1) is 6.05. The SMILES string of the molecule is C[C@@H]1C(=O)CC[C@]2(C)[C@@H](O)CC[C@@H]12. The van der Waals surface area contributed by atoms with E-state index in [4.69, 9.17) is 0 Å². The Morgan fingerprint density at radius 2 is 2.15 bits per heavy atom. The Bertz CT molecular complexity index is 236. The monoisotopic (exact) mass is 182 g/mol. The lowest BCUT2D eigenvalue weighted by Crippen LogP contribution is -2.42. The lowest BCUT2D eigenvalue weighted by molar-refractivity contribution is -0.131. The maximum absolute atomic E-state index is 11.5. The van der Waals surface area contributed by atoms with Gasteiger partial charge in [0.05, 0.1) is 6.10 Å². The highest BCUT2D eigenvalue weighted by Crippen LogP contribution is 2.53. The van der Waals surface area contributed by atoms with Crippen LogP contribution in [-0.4, -0.2) is 17.0 Å². The summed E-state index contributed by atoms with van der Waals surface area (Å²) >= 11 is 0. The van der Waals surface area contributed by atoms with Gasteiger partial charge in [-0.15, -0.1) is 0 Å². The molecular formula is C11H18O2. The van der Waals surface area contributed by atoms with Gasteiger partial charge in [-0.25, -0.2) is 0 Å². The zero-order valence-electron chi connectivity index (χ0n) is 8.42. The molecular weight excluding hydrogens is 164 g/mol. The van der Waals surface area contributed by atoms with Crippen molar-refractivity contribution in [2.24, 2.45) is 17.3 Å². The van der Waals surface area contributed by atoms with Crippen molar-refractivity contribution in [3.05, 3.63) is 0 Å². The fourth-order valence-electron chi connectivity index (χ4n) is 3.26. The number of ketones is 1. The van der Waals surface area contributed by atoms with Crippen molar-refractivity contribution < 1.29 is 9.90 Å². The summed E-state index contributed by atoms with van der Waals surface area (Å²) < 4.78 is 0. The van der Waals surface area contributed by atoms with Gasteiger partial charge in [-0.3, -0.25) is 4.79 Å². The molecule has 2 aliphatic carbocycles. The zero-order valence-corrected chi connectivity index (χ0v) is 8.42. The minimum Gasteiger partial charge on any atom is -0.393 e. The van der Waals surface area contributed by atoms with Crippen LogP contribution in [0.15, 0.2) is 0 Å². The number of aliphatic hydroxyl groups is 1. The number of rotatable bonds is 0. The smallest absolute Gasteiger partial charge is 0.136 e. The Morgan fingerprint density at radius 3 is 2.85 bits per heavy atom. The van der Waals surface area contributed by atoms with Gasteiger partial charge >= 0.3 is 0 Å². The highest BCUT2D eigenvalue weighted by Gasteiger charge is 2.51. The van der Waals surface area contributed by atoms with E-state index in [0.29, 0.717) is 18.1 Å². The number of hydrogen-bond acceptors (Lipinski definition) is 2. The van der Waals surface area contributed by atoms with Gasteiger partial charge in [0.25, 0.3) is 0 Å². The summed E-state index contributed by atoms with van der Waals surface area (Å²) in [6.07, 6.45) is 3.31. The van der Waals surface area contributed by atoms with E-state index in [1.54, 1.807) is 0 Å². The normalized spacial score (nSPS) is 50.7. The van der Waals surface area contributed by atoms with Gasteiger partial charge in [0.2, 0.25) is 0 Å². The van der Waals surface area contributed by atoms with E-state index >= 15 is 0 Å². The minimum absolute atomic E-state index is 0.0350. The first kappa shape index (κ1) is 9.20. The van der Waals surface area contributed by atoms with Crippen molar-refractivity contribution in [1.82, 2.24) is 0 Å². The summed E-state index contributed by atoms with van der Waals surface area (Å²) in [5, 5.41) is 9.88. The average molecular weight is 182 g/mol. The molecule has 2 fully saturated rings. The van der Waals surface area contributed by atoms with Crippen molar-refractivity contribution in [1.29, 1.82) is 0 Å². The minimum atomic E-state index is -0.173. The predicted octanol–water partition coefficient (Wildman–Crippen LogP) is 1.76.